The minimum absolute atomic E-state index is 0.414. The van der Waals surface area contributed by atoms with E-state index in [1.807, 2.05) is 42.5 Å². The first kappa shape index (κ1) is 19.7. The van der Waals surface area contributed by atoms with Crippen molar-refractivity contribution in [1.29, 1.82) is 0 Å². The lowest BCUT2D eigenvalue weighted by Gasteiger charge is -2.41. The number of amides is 1. The van der Waals surface area contributed by atoms with Crippen LogP contribution in [0.1, 0.15) is 19.4 Å². The predicted octanol–water partition coefficient (Wildman–Crippen LogP) is 0.0335. The van der Waals surface area contributed by atoms with Gasteiger partial charge in [0.2, 0.25) is 5.91 Å². The quantitative estimate of drug-likeness (QED) is 0.515. The molecule has 5 atom stereocenters. The van der Waals surface area contributed by atoms with Gasteiger partial charge in [-0.05, 0) is 30.2 Å². The number of nitrogens with one attached hydrogen (secondary N) is 1. The number of fused-ring (bicyclic) bond motifs is 1. The van der Waals surface area contributed by atoms with Gasteiger partial charge in [-0.2, -0.15) is 0 Å². The lowest BCUT2D eigenvalue weighted by atomic mass is 9.80. The maximum absolute atomic E-state index is 13.0. The summed E-state index contributed by atoms with van der Waals surface area (Å²) in [5.74, 6) is -0.414. The monoisotopic (exact) mass is 375 g/mol. The van der Waals surface area contributed by atoms with Crippen LogP contribution < -0.4 is 5.32 Å². The molecule has 1 aliphatic rings. The van der Waals surface area contributed by atoms with Crippen LogP contribution in [0.2, 0.25) is 0 Å². The third-order valence-electron chi connectivity index (χ3n) is 5.20. The van der Waals surface area contributed by atoms with Crippen LogP contribution in [0.15, 0.2) is 42.5 Å². The van der Waals surface area contributed by atoms with Crippen LogP contribution in [-0.4, -0.2) is 63.6 Å². The Balaban J connectivity index is 1.86. The van der Waals surface area contributed by atoms with E-state index in [2.05, 4.69) is 5.32 Å². The zero-order valence-corrected chi connectivity index (χ0v) is 15.2. The summed E-state index contributed by atoms with van der Waals surface area (Å²) in [5.41, 5.74) is -0.151. The number of benzene rings is 2. The third kappa shape index (κ3) is 3.56. The highest BCUT2D eigenvalue weighted by molar-refractivity contribution is 5.95. The van der Waals surface area contributed by atoms with Crippen LogP contribution in [0.5, 0.6) is 0 Å². The van der Waals surface area contributed by atoms with Crippen molar-refractivity contribution in [3.63, 3.8) is 0 Å². The number of carbonyl (C=O) groups is 1. The van der Waals surface area contributed by atoms with E-state index in [9.17, 15) is 25.2 Å². The maximum atomic E-state index is 13.0. The number of rotatable bonds is 4. The summed E-state index contributed by atoms with van der Waals surface area (Å²) in [7, 11) is 0. The molecule has 5 N–H and O–H groups in total. The SMILES string of the molecule is CC(C)(C(=O)N[C@@H]1O[C@H](CO)[C@@H](O)[C@H](O)[C@H]1O)c1cccc2ccccc12. The molecule has 0 spiro atoms. The van der Waals surface area contributed by atoms with Crippen molar-refractivity contribution in [2.24, 2.45) is 0 Å². The molecule has 0 bridgehead atoms. The first-order valence-electron chi connectivity index (χ1n) is 8.87. The molecule has 0 aromatic heterocycles. The molecule has 0 aliphatic carbocycles. The van der Waals surface area contributed by atoms with Gasteiger partial charge in [0.1, 0.15) is 24.4 Å². The van der Waals surface area contributed by atoms with E-state index < -0.39 is 48.6 Å². The minimum Gasteiger partial charge on any atom is -0.394 e. The number of hydrogen-bond donors (Lipinski definition) is 5. The maximum Gasteiger partial charge on any atom is 0.232 e. The van der Waals surface area contributed by atoms with Crippen molar-refractivity contribution >= 4 is 16.7 Å². The lowest BCUT2D eigenvalue weighted by Crippen LogP contribution is -2.64. The Kier molecular flexibility index (Phi) is 5.50. The normalized spacial score (nSPS) is 28.9. The number of ether oxygens (including phenoxy) is 1. The highest BCUT2D eigenvalue weighted by Gasteiger charge is 2.45. The van der Waals surface area contributed by atoms with Crippen molar-refractivity contribution in [1.82, 2.24) is 5.32 Å². The molecule has 1 saturated heterocycles. The molecule has 0 radical (unpaired) electrons. The second-order valence-corrected chi connectivity index (χ2v) is 7.37. The topological polar surface area (TPSA) is 119 Å². The minimum atomic E-state index is -1.54. The molecule has 146 valence electrons. The number of hydrogen-bond acceptors (Lipinski definition) is 6. The molecule has 1 amide bonds. The highest BCUT2D eigenvalue weighted by Crippen LogP contribution is 2.31. The average molecular weight is 375 g/mol. The van der Waals surface area contributed by atoms with Gasteiger partial charge in [0.25, 0.3) is 0 Å². The molecular formula is C20H25NO6. The van der Waals surface area contributed by atoms with Crippen LogP contribution in [0.3, 0.4) is 0 Å². The number of aliphatic hydroxyl groups excluding tert-OH is 4. The van der Waals surface area contributed by atoms with Crippen molar-refractivity contribution < 1.29 is 30.0 Å². The molecule has 7 heteroatoms. The summed E-state index contributed by atoms with van der Waals surface area (Å²) < 4.78 is 5.38. The summed E-state index contributed by atoms with van der Waals surface area (Å²) >= 11 is 0. The summed E-state index contributed by atoms with van der Waals surface area (Å²) in [4.78, 5) is 13.0. The fourth-order valence-electron chi connectivity index (χ4n) is 3.42. The van der Waals surface area contributed by atoms with Gasteiger partial charge in [0.15, 0.2) is 6.23 Å². The van der Waals surface area contributed by atoms with Crippen LogP contribution in [0.4, 0.5) is 0 Å². The largest absolute Gasteiger partial charge is 0.394 e. The Morgan fingerprint density at radius 1 is 1.04 bits per heavy atom. The van der Waals surface area contributed by atoms with E-state index >= 15 is 0 Å². The van der Waals surface area contributed by atoms with E-state index in [0.29, 0.717) is 0 Å². The van der Waals surface area contributed by atoms with Gasteiger partial charge in [-0.15, -0.1) is 0 Å². The summed E-state index contributed by atoms with van der Waals surface area (Å²) in [6.45, 7) is 2.96. The number of aliphatic hydroxyl groups is 4. The van der Waals surface area contributed by atoms with E-state index in [1.54, 1.807) is 13.8 Å². The second kappa shape index (κ2) is 7.53. The van der Waals surface area contributed by atoms with Gasteiger partial charge >= 0.3 is 0 Å². The molecule has 27 heavy (non-hydrogen) atoms. The molecule has 1 heterocycles. The lowest BCUT2D eigenvalue weighted by molar-refractivity contribution is -0.236. The van der Waals surface area contributed by atoms with E-state index in [0.717, 1.165) is 16.3 Å². The molecular weight excluding hydrogens is 350 g/mol. The highest BCUT2D eigenvalue weighted by atomic mass is 16.6. The third-order valence-corrected chi connectivity index (χ3v) is 5.20. The summed E-state index contributed by atoms with van der Waals surface area (Å²) in [5, 5.41) is 43.7. The molecule has 2 aromatic carbocycles. The van der Waals surface area contributed by atoms with Gasteiger partial charge in [-0.25, -0.2) is 0 Å². The standard InChI is InChI=1S/C20H25NO6/c1-20(2,13-9-5-7-11-6-3-4-8-12(11)13)19(26)21-18-17(25)16(24)15(23)14(10-22)27-18/h3-9,14-18,22-25H,10H2,1-2H3,(H,21,26)/t14-,15-,16+,17-,18-/m1/s1. The van der Waals surface area contributed by atoms with Crippen molar-refractivity contribution in [3.05, 3.63) is 48.0 Å². The van der Waals surface area contributed by atoms with E-state index in [-0.39, 0.29) is 0 Å². The fraction of sp³-hybridized carbons (Fsp3) is 0.450. The van der Waals surface area contributed by atoms with E-state index in [1.165, 1.54) is 0 Å². The molecule has 0 saturated carbocycles. The zero-order chi connectivity index (χ0) is 19.8. The fourth-order valence-corrected chi connectivity index (χ4v) is 3.42. The first-order valence-corrected chi connectivity index (χ1v) is 8.87. The Bertz CT molecular complexity index is 816. The van der Waals surface area contributed by atoms with Crippen LogP contribution in [-0.2, 0) is 14.9 Å². The molecule has 7 nitrogen and oxygen atoms in total. The molecule has 2 aromatic rings. The van der Waals surface area contributed by atoms with Crippen LogP contribution in [0, 0.1) is 0 Å². The van der Waals surface area contributed by atoms with Gasteiger partial charge in [-0.3, -0.25) is 4.79 Å². The second-order valence-electron chi connectivity index (χ2n) is 7.37. The van der Waals surface area contributed by atoms with Gasteiger partial charge in [0.05, 0.1) is 12.0 Å². The van der Waals surface area contributed by atoms with Gasteiger partial charge in [0, 0.05) is 0 Å². The van der Waals surface area contributed by atoms with Crippen molar-refractivity contribution in [2.75, 3.05) is 6.61 Å². The van der Waals surface area contributed by atoms with Gasteiger partial charge < -0.3 is 30.5 Å². The zero-order valence-electron chi connectivity index (χ0n) is 15.2. The summed E-state index contributed by atoms with van der Waals surface area (Å²) in [6, 6.07) is 13.4. The molecule has 1 aliphatic heterocycles. The van der Waals surface area contributed by atoms with Crippen molar-refractivity contribution in [3.8, 4) is 0 Å². The molecule has 3 rings (SSSR count). The Labute approximate surface area is 157 Å². The van der Waals surface area contributed by atoms with Crippen molar-refractivity contribution in [2.45, 2.75) is 49.9 Å². The molecule has 1 fully saturated rings. The molecule has 0 unspecified atom stereocenters. The first-order chi connectivity index (χ1) is 12.8. The van der Waals surface area contributed by atoms with Gasteiger partial charge in [-0.1, -0.05) is 42.5 Å². The Morgan fingerprint density at radius 3 is 2.41 bits per heavy atom. The Morgan fingerprint density at radius 2 is 1.70 bits per heavy atom. The smallest absolute Gasteiger partial charge is 0.232 e. The summed E-state index contributed by atoms with van der Waals surface area (Å²) in [6.07, 6.45) is -6.85. The van der Waals surface area contributed by atoms with E-state index in [4.69, 9.17) is 4.74 Å². The predicted molar refractivity (Wildman–Crippen MR) is 98.9 cm³/mol. The average Bonchev–Trinajstić information content (AvgIpc) is 2.67. The number of carbonyl (C=O) groups excluding carboxylic acids is 1. The van der Waals surface area contributed by atoms with Crippen LogP contribution in [0.25, 0.3) is 10.8 Å². The van der Waals surface area contributed by atoms with Crippen LogP contribution >= 0.6 is 0 Å². The Hall–Kier alpha value is -2.03.